The summed E-state index contributed by atoms with van der Waals surface area (Å²) in [5.41, 5.74) is 0. The zero-order valence-electron chi connectivity index (χ0n) is 7.60. The van der Waals surface area contributed by atoms with E-state index in [4.69, 9.17) is 4.74 Å². The van der Waals surface area contributed by atoms with Crippen molar-refractivity contribution in [2.75, 3.05) is 6.61 Å². The van der Waals surface area contributed by atoms with Gasteiger partial charge in [-0.25, -0.2) is 4.79 Å². The highest BCUT2D eigenvalue weighted by Crippen LogP contribution is 2.03. The number of hydrogen-bond donors (Lipinski definition) is 1. The molecule has 0 saturated heterocycles. The van der Waals surface area contributed by atoms with Crippen LogP contribution in [0.5, 0.6) is 0 Å². The van der Waals surface area contributed by atoms with E-state index in [1.165, 1.54) is 12.2 Å². The Bertz CT molecular complexity index is 188. The molecule has 4 heteroatoms. The lowest BCUT2D eigenvalue weighted by atomic mass is 10.2. The standard InChI is InChI=1S/C9H14O4/c1-4-7(10)8(5-2)13-9(11)12-6-3/h4-5,7-8,10H,1-2,6H2,3H3/t7-,8-/m1/s1. The Balaban J connectivity index is 4.04. The van der Waals surface area contributed by atoms with Crippen molar-refractivity contribution in [2.45, 2.75) is 19.1 Å². The van der Waals surface area contributed by atoms with Crippen LogP contribution in [0, 0.1) is 0 Å². The number of ether oxygens (including phenoxy) is 2. The molecule has 0 rings (SSSR count). The van der Waals surface area contributed by atoms with Crippen LogP contribution in [-0.4, -0.2) is 30.1 Å². The summed E-state index contributed by atoms with van der Waals surface area (Å²) in [5, 5.41) is 9.21. The van der Waals surface area contributed by atoms with Gasteiger partial charge in [0.2, 0.25) is 0 Å². The van der Waals surface area contributed by atoms with E-state index < -0.39 is 18.4 Å². The molecular formula is C9H14O4. The molecule has 2 atom stereocenters. The fraction of sp³-hybridized carbons (Fsp3) is 0.444. The molecule has 0 amide bonds. The van der Waals surface area contributed by atoms with Crippen molar-refractivity contribution in [1.29, 1.82) is 0 Å². The minimum Gasteiger partial charge on any atom is -0.435 e. The maximum atomic E-state index is 10.8. The number of carbonyl (C=O) groups excluding carboxylic acids is 1. The van der Waals surface area contributed by atoms with Crippen molar-refractivity contribution >= 4 is 6.16 Å². The molecular weight excluding hydrogens is 172 g/mol. The van der Waals surface area contributed by atoms with Crippen LogP contribution < -0.4 is 0 Å². The average Bonchev–Trinajstić information content (AvgIpc) is 2.13. The summed E-state index contributed by atoms with van der Waals surface area (Å²) in [7, 11) is 0. The Morgan fingerprint density at radius 2 is 2.15 bits per heavy atom. The summed E-state index contributed by atoms with van der Waals surface area (Å²) in [6, 6.07) is 0. The molecule has 0 aromatic carbocycles. The minimum absolute atomic E-state index is 0.229. The van der Waals surface area contributed by atoms with Crippen LogP contribution in [0.4, 0.5) is 4.79 Å². The summed E-state index contributed by atoms with van der Waals surface area (Å²) >= 11 is 0. The largest absolute Gasteiger partial charge is 0.508 e. The van der Waals surface area contributed by atoms with Crippen LogP contribution in [0.2, 0.25) is 0 Å². The fourth-order valence-electron chi connectivity index (χ4n) is 0.654. The van der Waals surface area contributed by atoms with E-state index >= 15 is 0 Å². The van der Waals surface area contributed by atoms with Gasteiger partial charge >= 0.3 is 6.16 Å². The summed E-state index contributed by atoms with van der Waals surface area (Å²) in [6.07, 6.45) is -0.0266. The Kier molecular flexibility index (Phi) is 5.63. The van der Waals surface area contributed by atoms with E-state index in [0.29, 0.717) is 0 Å². The Morgan fingerprint density at radius 1 is 1.54 bits per heavy atom. The molecule has 0 aliphatic heterocycles. The van der Waals surface area contributed by atoms with Gasteiger partial charge < -0.3 is 14.6 Å². The van der Waals surface area contributed by atoms with Crippen LogP contribution in [0.1, 0.15) is 6.92 Å². The highest BCUT2D eigenvalue weighted by atomic mass is 16.7. The zero-order chi connectivity index (χ0) is 10.3. The molecule has 0 saturated carbocycles. The lowest BCUT2D eigenvalue weighted by Crippen LogP contribution is -2.28. The molecule has 13 heavy (non-hydrogen) atoms. The Labute approximate surface area is 77.5 Å². The Morgan fingerprint density at radius 3 is 2.54 bits per heavy atom. The predicted molar refractivity (Wildman–Crippen MR) is 48.3 cm³/mol. The van der Waals surface area contributed by atoms with Crippen LogP contribution >= 0.6 is 0 Å². The monoisotopic (exact) mass is 186 g/mol. The van der Waals surface area contributed by atoms with E-state index in [-0.39, 0.29) is 6.61 Å². The van der Waals surface area contributed by atoms with Gasteiger partial charge in [0, 0.05) is 0 Å². The fourth-order valence-corrected chi connectivity index (χ4v) is 0.654. The van der Waals surface area contributed by atoms with Gasteiger partial charge in [-0.05, 0) is 13.0 Å². The number of aliphatic hydroxyl groups is 1. The van der Waals surface area contributed by atoms with E-state index in [9.17, 15) is 9.90 Å². The molecule has 74 valence electrons. The molecule has 0 aromatic rings. The van der Waals surface area contributed by atoms with Gasteiger partial charge in [-0.1, -0.05) is 12.7 Å². The second-order valence-electron chi connectivity index (χ2n) is 2.23. The number of hydrogen-bond acceptors (Lipinski definition) is 4. The first kappa shape index (κ1) is 11.7. The van der Waals surface area contributed by atoms with Crippen LogP contribution in [0.3, 0.4) is 0 Å². The first-order valence-electron chi connectivity index (χ1n) is 3.92. The molecule has 0 spiro atoms. The van der Waals surface area contributed by atoms with E-state index in [0.717, 1.165) is 0 Å². The van der Waals surface area contributed by atoms with Crippen molar-refractivity contribution in [3.63, 3.8) is 0 Å². The lowest BCUT2D eigenvalue weighted by molar-refractivity contribution is 0.00452. The van der Waals surface area contributed by atoms with Gasteiger partial charge in [0.15, 0.2) is 6.10 Å². The molecule has 0 fully saturated rings. The second-order valence-corrected chi connectivity index (χ2v) is 2.23. The van der Waals surface area contributed by atoms with Gasteiger partial charge in [-0.3, -0.25) is 0 Å². The number of rotatable bonds is 5. The van der Waals surface area contributed by atoms with Gasteiger partial charge in [0.05, 0.1) is 6.61 Å². The maximum absolute atomic E-state index is 10.8. The lowest BCUT2D eigenvalue weighted by Gasteiger charge is -2.16. The van der Waals surface area contributed by atoms with Gasteiger partial charge in [0.1, 0.15) is 6.10 Å². The molecule has 0 aliphatic carbocycles. The van der Waals surface area contributed by atoms with E-state index in [2.05, 4.69) is 17.9 Å². The van der Waals surface area contributed by atoms with Crippen molar-refractivity contribution in [3.05, 3.63) is 25.3 Å². The molecule has 0 radical (unpaired) electrons. The van der Waals surface area contributed by atoms with Gasteiger partial charge in [-0.2, -0.15) is 0 Å². The van der Waals surface area contributed by atoms with E-state index in [1.807, 2.05) is 0 Å². The highest BCUT2D eigenvalue weighted by Gasteiger charge is 2.17. The third-order valence-corrected chi connectivity index (χ3v) is 1.30. The summed E-state index contributed by atoms with van der Waals surface area (Å²) in [5.74, 6) is 0. The van der Waals surface area contributed by atoms with Crippen molar-refractivity contribution in [2.24, 2.45) is 0 Å². The topological polar surface area (TPSA) is 55.8 Å². The third-order valence-electron chi connectivity index (χ3n) is 1.30. The summed E-state index contributed by atoms with van der Waals surface area (Å²) < 4.78 is 9.21. The number of aliphatic hydroxyl groups excluding tert-OH is 1. The molecule has 0 heterocycles. The molecule has 4 nitrogen and oxygen atoms in total. The molecule has 0 bridgehead atoms. The molecule has 0 aliphatic rings. The van der Waals surface area contributed by atoms with Crippen molar-refractivity contribution in [3.8, 4) is 0 Å². The average molecular weight is 186 g/mol. The normalized spacial score (nSPS) is 14.0. The molecule has 0 unspecified atom stereocenters. The molecule has 1 N–H and O–H groups in total. The van der Waals surface area contributed by atoms with E-state index in [1.54, 1.807) is 6.92 Å². The number of carbonyl (C=O) groups is 1. The van der Waals surface area contributed by atoms with Crippen LogP contribution in [-0.2, 0) is 9.47 Å². The predicted octanol–water partition coefficient (Wildman–Crippen LogP) is 1.26. The van der Waals surface area contributed by atoms with Gasteiger partial charge in [0.25, 0.3) is 0 Å². The third kappa shape index (κ3) is 4.32. The smallest absolute Gasteiger partial charge is 0.435 e. The first-order chi connectivity index (χ1) is 6.15. The molecule has 0 aromatic heterocycles. The SMILES string of the molecule is C=C[C@@H](O)[C@@H](C=C)OC(=O)OCC. The summed E-state index contributed by atoms with van der Waals surface area (Å²) in [6.45, 7) is 8.65. The van der Waals surface area contributed by atoms with Crippen molar-refractivity contribution in [1.82, 2.24) is 0 Å². The quantitative estimate of drug-likeness (QED) is 0.518. The maximum Gasteiger partial charge on any atom is 0.508 e. The minimum atomic E-state index is -0.957. The van der Waals surface area contributed by atoms with Crippen LogP contribution in [0.25, 0.3) is 0 Å². The van der Waals surface area contributed by atoms with Gasteiger partial charge in [-0.15, -0.1) is 6.58 Å². The van der Waals surface area contributed by atoms with Crippen LogP contribution in [0.15, 0.2) is 25.3 Å². The summed E-state index contributed by atoms with van der Waals surface area (Å²) in [4.78, 5) is 10.8. The zero-order valence-corrected chi connectivity index (χ0v) is 7.60. The van der Waals surface area contributed by atoms with Crippen molar-refractivity contribution < 1.29 is 19.4 Å². The Hall–Kier alpha value is -1.29. The first-order valence-corrected chi connectivity index (χ1v) is 3.92. The highest BCUT2D eigenvalue weighted by molar-refractivity contribution is 5.60. The second kappa shape index (κ2) is 6.25.